The van der Waals surface area contributed by atoms with E-state index in [0.29, 0.717) is 36.8 Å². The fraction of sp³-hybridized carbons (Fsp3) is 0.884. The van der Waals surface area contributed by atoms with Gasteiger partial charge in [-0.3, -0.25) is 14.4 Å². The van der Waals surface area contributed by atoms with Crippen LogP contribution in [0, 0.1) is 56.2 Å². The van der Waals surface area contributed by atoms with E-state index in [2.05, 4.69) is 53.8 Å². The zero-order valence-corrected chi connectivity index (χ0v) is 32.9. The summed E-state index contributed by atoms with van der Waals surface area (Å²) in [6.45, 7) is 20.4. The molecule has 0 heterocycles. The molecule has 282 valence electrons. The predicted molar refractivity (Wildman–Crippen MR) is 196 cm³/mol. The first kappa shape index (κ1) is 38.0. The van der Waals surface area contributed by atoms with Gasteiger partial charge in [0.2, 0.25) is 0 Å². The molecule has 5 fully saturated rings. The van der Waals surface area contributed by atoms with E-state index in [-0.39, 0.29) is 45.9 Å². The molecule has 0 bridgehead atoms. The maximum absolute atomic E-state index is 14.0. The Hall–Kier alpha value is -1.73. The first-order valence-electron chi connectivity index (χ1n) is 20.4. The van der Waals surface area contributed by atoms with Gasteiger partial charge in [-0.1, -0.05) is 73.3 Å². The van der Waals surface area contributed by atoms with E-state index in [9.17, 15) is 24.6 Å². The first-order chi connectivity index (χ1) is 23.2. The number of carboxylic acids is 1. The van der Waals surface area contributed by atoms with Crippen molar-refractivity contribution in [1.82, 2.24) is 5.32 Å². The van der Waals surface area contributed by atoms with E-state index < -0.39 is 28.9 Å². The van der Waals surface area contributed by atoms with Crippen LogP contribution in [-0.2, 0) is 19.1 Å². The number of Topliss-reactive ketones (excluding diaryl/α,β-unsaturated/α-hetero) is 1. The smallest absolute Gasteiger partial charge is 0.309 e. The molecular weight excluding hydrogens is 626 g/mol. The standard InChI is InChI=1S/C43H69NO6/c1-26(2)35-29(45)23-43(32(46)25-44-27-13-11-10-12-14-27)22-21-41(8)28(36(35)43)15-16-31-40(7)19-18-33(50-34(47)24-38(3,4)37(48)49)39(5,6)30(40)17-20-42(31,41)9/h26-28,30-33,44,46H,10-25H2,1-9H3,(H,48,49). The molecule has 0 aromatic carbocycles. The highest BCUT2D eigenvalue weighted by Gasteiger charge is 2.70. The highest BCUT2D eigenvalue weighted by atomic mass is 16.5. The van der Waals surface area contributed by atoms with Crippen molar-refractivity contribution in [2.45, 2.75) is 177 Å². The Bertz CT molecular complexity index is 1390. The molecule has 0 saturated heterocycles. The number of hydrogen-bond acceptors (Lipinski definition) is 6. The van der Waals surface area contributed by atoms with Crippen molar-refractivity contribution >= 4 is 17.7 Å². The van der Waals surface area contributed by atoms with Crippen LogP contribution in [-0.4, -0.2) is 52.7 Å². The number of hydrogen-bond donors (Lipinski definition) is 3. The molecule has 0 radical (unpaired) electrons. The number of esters is 1. The van der Waals surface area contributed by atoms with E-state index >= 15 is 0 Å². The fourth-order valence-electron chi connectivity index (χ4n) is 13.7. The van der Waals surface area contributed by atoms with Crippen molar-refractivity contribution in [2.75, 3.05) is 6.54 Å². The zero-order chi connectivity index (χ0) is 36.7. The summed E-state index contributed by atoms with van der Waals surface area (Å²) in [4.78, 5) is 38.8. The van der Waals surface area contributed by atoms with Gasteiger partial charge in [-0.25, -0.2) is 0 Å². The number of carbonyl (C=O) groups excluding carboxylic acids is 2. The number of fused-ring (bicyclic) bond motifs is 7. The molecule has 9 atom stereocenters. The molecule has 6 aliphatic rings. The molecule has 0 spiro atoms. The van der Waals surface area contributed by atoms with E-state index in [0.717, 1.165) is 56.9 Å². The van der Waals surface area contributed by atoms with E-state index in [1.807, 2.05) is 0 Å². The van der Waals surface area contributed by atoms with E-state index in [1.165, 1.54) is 37.7 Å². The molecule has 7 heteroatoms. The Morgan fingerprint density at radius 2 is 1.56 bits per heavy atom. The number of ketones is 1. The van der Waals surface area contributed by atoms with Gasteiger partial charge < -0.3 is 20.3 Å². The summed E-state index contributed by atoms with van der Waals surface area (Å²) < 4.78 is 6.17. The topological polar surface area (TPSA) is 113 Å². The van der Waals surface area contributed by atoms with Crippen LogP contribution in [0.25, 0.3) is 0 Å². The highest BCUT2D eigenvalue weighted by molar-refractivity contribution is 6.00. The number of rotatable bonds is 9. The third kappa shape index (κ3) is 5.76. The molecular formula is C43H69NO6. The summed E-state index contributed by atoms with van der Waals surface area (Å²) in [5.74, 6) is 0.246. The monoisotopic (exact) mass is 696 g/mol. The van der Waals surface area contributed by atoms with Crippen LogP contribution in [0.4, 0.5) is 0 Å². The number of carbonyl (C=O) groups is 3. The number of ether oxygens (including phenoxy) is 1. The largest absolute Gasteiger partial charge is 0.481 e. The van der Waals surface area contributed by atoms with Gasteiger partial charge in [0.15, 0.2) is 5.78 Å². The van der Waals surface area contributed by atoms with Gasteiger partial charge in [-0.15, -0.1) is 0 Å². The average Bonchev–Trinajstić information content (AvgIpc) is 3.35. The lowest BCUT2D eigenvalue weighted by Gasteiger charge is -2.72. The van der Waals surface area contributed by atoms with Gasteiger partial charge in [0, 0.05) is 29.8 Å². The predicted octanol–water partition coefficient (Wildman–Crippen LogP) is 8.66. The lowest BCUT2D eigenvalue weighted by Crippen LogP contribution is -2.66. The lowest BCUT2D eigenvalue weighted by atomic mass is 9.33. The highest BCUT2D eigenvalue weighted by Crippen LogP contribution is 2.77. The summed E-state index contributed by atoms with van der Waals surface area (Å²) in [7, 11) is 0. The third-order valence-electron chi connectivity index (χ3n) is 16.7. The van der Waals surface area contributed by atoms with Gasteiger partial charge in [-0.05, 0) is 124 Å². The molecule has 0 aromatic rings. The molecule has 0 amide bonds. The van der Waals surface area contributed by atoms with Crippen LogP contribution < -0.4 is 5.32 Å². The van der Waals surface area contributed by atoms with Gasteiger partial charge >= 0.3 is 11.9 Å². The summed E-state index contributed by atoms with van der Waals surface area (Å²) >= 11 is 0. The van der Waals surface area contributed by atoms with Crippen molar-refractivity contribution in [3.8, 4) is 0 Å². The molecule has 0 aromatic heterocycles. The number of allylic oxidation sites excluding steroid dienone is 1. The molecule has 9 unspecified atom stereocenters. The Morgan fingerprint density at radius 3 is 2.20 bits per heavy atom. The zero-order valence-electron chi connectivity index (χ0n) is 32.9. The molecule has 7 nitrogen and oxygen atoms in total. The quantitative estimate of drug-likeness (QED) is 0.207. The van der Waals surface area contributed by atoms with Gasteiger partial charge in [-0.2, -0.15) is 0 Å². The summed E-state index contributed by atoms with van der Waals surface area (Å²) in [5, 5.41) is 25.5. The van der Waals surface area contributed by atoms with Crippen LogP contribution in [0.15, 0.2) is 11.1 Å². The Morgan fingerprint density at radius 1 is 0.880 bits per heavy atom. The van der Waals surface area contributed by atoms with Crippen LogP contribution >= 0.6 is 0 Å². The second-order valence-electron chi connectivity index (χ2n) is 20.3. The Labute approximate surface area is 302 Å². The first-order valence-corrected chi connectivity index (χ1v) is 20.4. The van der Waals surface area contributed by atoms with Crippen molar-refractivity contribution < 1.29 is 29.3 Å². The number of aliphatic hydroxyl groups excluding tert-OH is 1. The van der Waals surface area contributed by atoms with Crippen LogP contribution in [0.3, 0.4) is 0 Å². The number of aliphatic hydroxyl groups is 1. The van der Waals surface area contributed by atoms with Gasteiger partial charge in [0.25, 0.3) is 0 Å². The van der Waals surface area contributed by atoms with Crippen molar-refractivity contribution in [3.63, 3.8) is 0 Å². The number of carboxylic acid groups (broad SMARTS) is 1. The van der Waals surface area contributed by atoms with Crippen molar-refractivity contribution in [3.05, 3.63) is 11.1 Å². The fourth-order valence-corrected chi connectivity index (χ4v) is 13.7. The second-order valence-corrected chi connectivity index (χ2v) is 20.3. The molecule has 6 rings (SSSR count). The maximum atomic E-state index is 14.0. The number of aliphatic carboxylic acids is 1. The number of nitrogens with one attached hydrogen (secondary N) is 1. The van der Waals surface area contributed by atoms with Gasteiger partial charge in [0.1, 0.15) is 6.10 Å². The third-order valence-corrected chi connectivity index (χ3v) is 16.7. The summed E-state index contributed by atoms with van der Waals surface area (Å²) in [6.07, 6.45) is 13.8. The minimum absolute atomic E-state index is 0.0277. The van der Waals surface area contributed by atoms with Crippen molar-refractivity contribution in [1.29, 1.82) is 0 Å². The average molecular weight is 696 g/mol. The van der Waals surface area contributed by atoms with Crippen molar-refractivity contribution in [2.24, 2.45) is 56.2 Å². The van der Waals surface area contributed by atoms with Crippen LogP contribution in [0.1, 0.15) is 159 Å². The van der Waals surface area contributed by atoms with Gasteiger partial charge in [0.05, 0.1) is 17.9 Å². The molecule has 5 saturated carbocycles. The van der Waals surface area contributed by atoms with Crippen LogP contribution in [0.5, 0.6) is 0 Å². The Kier molecular flexibility index (Phi) is 9.87. The maximum Gasteiger partial charge on any atom is 0.309 e. The second kappa shape index (κ2) is 13.0. The van der Waals surface area contributed by atoms with E-state index in [1.54, 1.807) is 13.8 Å². The molecule has 0 aliphatic heterocycles. The molecule has 3 N–H and O–H groups in total. The Balaban J connectivity index is 1.27. The summed E-state index contributed by atoms with van der Waals surface area (Å²) in [6, 6.07) is 0.475. The normalized spacial score (nSPS) is 40.8. The lowest BCUT2D eigenvalue weighted by molar-refractivity contribution is -0.235. The SMILES string of the molecule is CC(C)C1=C2C3CCC4C5(C)CCC(OC(=O)CC(C)(C)C(=O)O)C(C)(C)C5CCC4(C)C3(C)CCC2(C(O)CNC2CCCCC2)CC1=O. The molecule has 6 aliphatic carbocycles. The van der Waals surface area contributed by atoms with Crippen LogP contribution in [0.2, 0.25) is 0 Å². The minimum Gasteiger partial charge on any atom is -0.481 e. The molecule has 50 heavy (non-hydrogen) atoms. The van der Waals surface area contributed by atoms with E-state index in [4.69, 9.17) is 4.74 Å². The minimum atomic E-state index is -1.15. The summed E-state index contributed by atoms with van der Waals surface area (Å²) in [5.41, 5.74) is 0.755.